The quantitative estimate of drug-likeness (QED) is 0.284. The van der Waals surface area contributed by atoms with Gasteiger partial charge in [0.25, 0.3) is 0 Å². The van der Waals surface area contributed by atoms with Crippen LogP contribution in [-0.2, 0) is 14.9 Å². The Morgan fingerprint density at radius 1 is 0.973 bits per heavy atom. The van der Waals surface area contributed by atoms with Crippen molar-refractivity contribution in [2.75, 3.05) is 13.7 Å². The van der Waals surface area contributed by atoms with Gasteiger partial charge < -0.3 is 14.8 Å². The van der Waals surface area contributed by atoms with Gasteiger partial charge in [0.1, 0.15) is 11.9 Å². The van der Waals surface area contributed by atoms with Crippen LogP contribution in [-0.4, -0.2) is 25.7 Å². The Hall–Kier alpha value is -3.63. The highest BCUT2D eigenvalue weighted by molar-refractivity contribution is 5.86. The molecule has 0 aliphatic carbocycles. The summed E-state index contributed by atoms with van der Waals surface area (Å²) < 4.78 is 11.5. The fraction of sp³-hybridized carbons (Fsp3) is 0.303. The number of ether oxygens (including phenoxy) is 2. The van der Waals surface area contributed by atoms with Crippen LogP contribution in [0.5, 0.6) is 5.75 Å². The number of hydrogen-bond donors (Lipinski definition) is 1. The molecule has 1 N–H and O–H groups in total. The highest BCUT2D eigenvalue weighted by atomic mass is 16.5. The Morgan fingerprint density at radius 2 is 1.68 bits per heavy atom. The van der Waals surface area contributed by atoms with Crippen molar-refractivity contribution in [1.29, 1.82) is 0 Å². The van der Waals surface area contributed by atoms with Crippen molar-refractivity contribution < 1.29 is 14.3 Å². The van der Waals surface area contributed by atoms with Gasteiger partial charge in [-0.2, -0.15) is 0 Å². The maximum absolute atomic E-state index is 12.3. The predicted molar refractivity (Wildman–Crippen MR) is 149 cm³/mol. The first-order valence-electron chi connectivity index (χ1n) is 13.0. The summed E-state index contributed by atoms with van der Waals surface area (Å²) in [6.07, 6.45) is 0.926. The monoisotopic (exact) mass is 493 g/mol. The summed E-state index contributed by atoms with van der Waals surface area (Å²) >= 11 is 0. The average molecular weight is 494 g/mol. The number of carbonyl (C=O) groups is 1. The summed E-state index contributed by atoms with van der Waals surface area (Å²) in [7, 11) is 1.44. The molecule has 1 aliphatic heterocycles. The second-order valence-electron chi connectivity index (χ2n) is 10.5. The first-order valence-corrected chi connectivity index (χ1v) is 13.0. The molecule has 0 amide bonds. The van der Waals surface area contributed by atoms with Gasteiger partial charge in [0.15, 0.2) is 0 Å². The van der Waals surface area contributed by atoms with Crippen molar-refractivity contribution in [2.24, 2.45) is 0 Å². The Balaban J connectivity index is 1.35. The number of methoxy groups -OCH3 is 1. The molecule has 4 nitrogen and oxygen atoms in total. The molecule has 1 unspecified atom stereocenters. The van der Waals surface area contributed by atoms with Gasteiger partial charge in [-0.05, 0) is 60.7 Å². The second kappa shape index (κ2) is 10.4. The molecule has 4 heteroatoms. The molecule has 190 valence electrons. The number of nitrogens with one attached hydrogen (secondary N) is 1. The summed E-state index contributed by atoms with van der Waals surface area (Å²) in [5.41, 5.74) is 4.00. The fourth-order valence-corrected chi connectivity index (χ4v) is 5.49. The smallest absolute Gasteiger partial charge is 0.315 e. The lowest BCUT2D eigenvalue weighted by Gasteiger charge is -2.34. The van der Waals surface area contributed by atoms with Gasteiger partial charge in [-0.15, -0.1) is 0 Å². The van der Waals surface area contributed by atoms with E-state index >= 15 is 0 Å². The molecule has 0 bridgehead atoms. The summed E-state index contributed by atoms with van der Waals surface area (Å²) in [6.45, 7) is 6.77. The van der Waals surface area contributed by atoms with Gasteiger partial charge in [-0.25, -0.2) is 0 Å². The van der Waals surface area contributed by atoms with Gasteiger partial charge in [0, 0.05) is 24.1 Å². The Labute approximate surface area is 219 Å². The summed E-state index contributed by atoms with van der Waals surface area (Å²) in [5.74, 6) is 0.936. The van der Waals surface area contributed by atoms with Gasteiger partial charge in [-0.1, -0.05) is 84.9 Å². The molecule has 5 rings (SSSR count). The third-order valence-electron chi connectivity index (χ3n) is 7.76. The second-order valence-corrected chi connectivity index (χ2v) is 10.5. The molecular weight excluding hydrogens is 458 g/mol. The molecule has 0 saturated carbocycles. The number of hydrogen-bond acceptors (Lipinski definition) is 4. The standard InChI is InChI=1S/C33H35NO3/c1-22(27-14-9-11-23-10-5-6-12-28(23)27)34-21-26-20-30(29-13-7-8-15-31(29)37-26)24-16-18-25(19-17-24)33(2,3)32(35)36-4/h5-19,22,26,30,34H,20-21H2,1-4H3/t22?,26-,30-/m1/s1. The van der Waals surface area contributed by atoms with Crippen molar-refractivity contribution in [3.05, 3.63) is 113 Å². The largest absolute Gasteiger partial charge is 0.489 e. The third-order valence-corrected chi connectivity index (χ3v) is 7.76. The van der Waals surface area contributed by atoms with Crippen LogP contribution in [0.3, 0.4) is 0 Å². The molecule has 3 atom stereocenters. The Morgan fingerprint density at radius 3 is 2.46 bits per heavy atom. The van der Waals surface area contributed by atoms with E-state index < -0.39 is 5.41 Å². The molecule has 1 heterocycles. The molecule has 0 fully saturated rings. The molecule has 0 aromatic heterocycles. The lowest BCUT2D eigenvalue weighted by molar-refractivity contribution is -0.146. The molecular formula is C33H35NO3. The van der Waals surface area contributed by atoms with E-state index in [1.54, 1.807) is 0 Å². The molecule has 4 aromatic carbocycles. The number of rotatable bonds is 7. The van der Waals surface area contributed by atoms with E-state index in [9.17, 15) is 4.79 Å². The van der Waals surface area contributed by atoms with Gasteiger partial charge in [0.05, 0.1) is 12.5 Å². The van der Waals surface area contributed by atoms with E-state index in [4.69, 9.17) is 9.47 Å². The maximum atomic E-state index is 12.3. The molecule has 37 heavy (non-hydrogen) atoms. The lowest BCUT2D eigenvalue weighted by atomic mass is 9.80. The van der Waals surface area contributed by atoms with Crippen molar-refractivity contribution in [3.8, 4) is 5.75 Å². The number of benzene rings is 4. The van der Waals surface area contributed by atoms with Crippen molar-refractivity contribution in [2.45, 2.75) is 50.7 Å². The van der Waals surface area contributed by atoms with Crippen LogP contribution in [0.2, 0.25) is 0 Å². The van der Waals surface area contributed by atoms with Crippen LogP contribution >= 0.6 is 0 Å². The first-order chi connectivity index (χ1) is 17.9. The third kappa shape index (κ3) is 4.99. The van der Waals surface area contributed by atoms with Crippen LogP contribution in [0.25, 0.3) is 10.8 Å². The highest BCUT2D eigenvalue weighted by Gasteiger charge is 2.33. The molecule has 0 saturated heterocycles. The number of para-hydroxylation sites is 1. The topological polar surface area (TPSA) is 47.6 Å². The zero-order valence-corrected chi connectivity index (χ0v) is 22.0. The molecule has 0 radical (unpaired) electrons. The molecule has 0 spiro atoms. The van der Waals surface area contributed by atoms with Crippen molar-refractivity contribution >= 4 is 16.7 Å². The number of esters is 1. The van der Waals surface area contributed by atoms with Crippen LogP contribution in [0.15, 0.2) is 91.0 Å². The summed E-state index contributed by atoms with van der Waals surface area (Å²) in [6, 6.07) is 32.0. The zero-order chi connectivity index (χ0) is 26.0. The van der Waals surface area contributed by atoms with E-state index in [-0.39, 0.29) is 24.0 Å². The lowest BCUT2D eigenvalue weighted by Crippen LogP contribution is -2.37. The van der Waals surface area contributed by atoms with Crippen LogP contribution < -0.4 is 10.1 Å². The summed E-state index contributed by atoms with van der Waals surface area (Å²) in [4.78, 5) is 12.3. The van der Waals surface area contributed by atoms with E-state index in [0.717, 1.165) is 24.3 Å². The van der Waals surface area contributed by atoms with Gasteiger partial charge in [-0.3, -0.25) is 4.79 Å². The Kier molecular flexibility index (Phi) is 7.03. The van der Waals surface area contributed by atoms with Crippen LogP contribution in [0.4, 0.5) is 0 Å². The number of fused-ring (bicyclic) bond motifs is 2. The van der Waals surface area contributed by atoms with E-state index in [1.807, 2.05) is 19.9 Å². The normalized spacial score (nSPS) is 18.1. The van der Waals surface area contributed by atoms with Crippen LogP contribution in [0.1, 0.15) is 61.4 Å². The average Bonchev–Trinajstić information content (AvgIpc) is 2.94. The minimum atomic E-state index is -0.689. The van der Waals surface area contributed by atoms with Gasteiger partial charge >= 0.3 is 5.97 Å². The van der Waals surface area contributed by atoms with Crippen molar-refractivity contribution in [1.82, 2.24) is 5.32 Å². The van der Waals surface area contributed by atoms with E-state index in [0.29, 0.717) is 0 Å². The zero-order valence-electron chi connectivity index (χ0n) is 22.0. The predicted octanol–water partition coefficient (Wildman–Crippen LogP) is 6.92. The van der Waals surface area contributed by atoms with Gasteiger partial charge in [0.2, 0.25) is 0 Å². The SMILES string of the molecule is COC(=O)C(C)(C)c1ccc([C@H]2C[C@H](CNC(C)c3cccc4ccccc34)Oc3ccccc32)cc1. The molecule has 4 aromatic rings. The fourth-order valence-electron chi connectivity index (χ4n) is 5.49. The van der Waals surface area contributed by atoms with Crippen LogP contribution in [0, 0.1) is 0 Å². The Bertz CT molecular complexity index is 1390. The highest BCUT2D eigenvalue weighted by Crippen LogP contribution is 2.41. The van der Waals surface area contributed by atoms with Crippen molar-refractivity contribution in [3.63, 3.8) is 0 Å². The minimum Gasteiger partial charge on any atom is -0.489 e. The maximum Gasteiger partial charge on any atom is 0.315 e. The number of carbonyl (C=O) groups excluding carboxylic acids is 1. The first kappa shape index (κ1) is 25.0. The van der Waals surface area contributed by atoms with E-state index in [2.05, 4.69) is 97.2 Å². The van der Waals surface area contributed by atoms with E-state index in [1.165, 1.54) is 34.6 Å². The minimum absolute atomic E-state index is 0.0449. The summed E-state index contributed by atoms with van der Waals surface area (Å²) in [5, 5.41) is 6.28. The molecule has 1 aliphatic rings.